The van der Waals surface area contributed by atoms with Gasteiger partial charge in [0, 0.05) is 5.56 Å². The van der Waals surface area contributed by atoms with E-state index < -0.39 is 0 Å². The summed E-state index contributed by atoms with van der Waals surface area (Å²) in [6, 6.07) is 7.29. The van der Waals surface area contributed by atoms with Crippen molar-refractivity contribution in [3.05, 3.63) is 41.5 Å². The van der Waals surface area contributed by atoms with E-state index in [4.69, 9.17) is 5.11 Å². The summed E-state index contributed by atoms with van der Waals surface area (Å²) in [6.45, 7) is 1.93. The van der Waals surface area contributed by atoms with Gasteiger partial charge in [0.05, 0.1) is 6.61 Å². The Bertz CT molecular complexity index is 327. The minimum atomic E-state index is 0.0250. The fourth-order valence-electron chi connectivity index (χ4n) is 1.11. The molecule has 1 aromatic rings. The minimum absolute atomic E-state index is 0.0250. The molecule has 0 amide bonds. The number of carbonyl (C=O) groups excluding carboxylic acids is 1. The quantitative estimate of drug-likeness (QED) is 0.714. The molecule has 0 bridgehead atoms. The van der Waals surface area contributed by atoms with Crippen LogP contribution in [-0.2, 0) is 0 Å². The highest BCUT2D eigenvalue weighted by Gasteiger charge is 1.95. The van der Waals surface area contributed by atoms with Crippen molar-refractivity contribution in [3.63, 3.8) is 0 Å². The van der Waals surface area contributed by atoms with Crippen LogP contribution in [0.4, 0.5) is 0 Å². The standard InChI is InChI=1S/C11H12O2/c1-9(5-6-12)11-4-2-3-10(7-11)8-13/h2-5,7-8,12H,6H2,1H3/b9-5-. The maximum Gasteiger partial charge on any atom is 0.150 e. The summed E-state index contributed by atoms with van der Waals surface area (Å²) in [5.41, 5.74) is 2.60. The highest BCUT2D eigenvalue weighted by molar-refractivity contribution is 5.77. The predicted octanol–water partition coefficient (Wildman–Crippen LogP) is 1.89. The second-order valence-corrected chi connectivity index (χ2v) is 2.81. The molecule has 68 valence electrons. The summed E-state index contributed by atoms with van der Waals surface area (Å²) in [5, 5.41) is 8.68. The molecule has 0 saturated heterocycles. The van der Waals surface area contributed by atoms with Crippen LogP contribution in [0.3, 0.4) is 0 Å². The molecular weight excluding hydrogens is 164 g/mol. The van der Waals surface area contributed by atoms with Crippen molar-refractivity contribution in [1.29, 1.82) is 0 Å². The van der Waals surface area contributed by atoms with Crippen molar-refractivity contribution in [2.75, 3.05) is 6.61 Å². The molecule has 1 aromatic carbocycles. The van der Waals surface area contributed by atoms with Gasteiger partial charge in [-0.15, -0.1) is 0 Å². The Morgan fingerprint density at radius 3 is 2.92 bits per heavy atom. The Morgan fingerprint density at radius 2 is 2.31 bits per heavy atom. The fourth-order valence-corrected chi connectivity index (χ4v) is 1.11. The minimum Gasteiger partial charge on any atom is -0.392 e. The first-order chi connectivity index (χ1) is 6.27. The third-order valence-corrected chi connectivity index (χ3v) is 1.88. The van der Waals surface area contributed by atoms with Gasteiger partial charge in [0.15, 0.2) is 0 Å². The molecule has 2 nitrogen and oxygen atoms in total. The fraction of sp³-hybridized carbons (Fsp3) is 0.182. The third kappa shape index (κ3) is 2.53. The first-order valence-corrected chi connectivity index (χ1v) is 4.11. The number of hydrogen-bond acceptors (Lipinski definition) is 2. The van der Waals surface area contributed by atoms with E-state index in [2.05, 4.69) is 0 Å². The van der Waals surface area contributed by atoms with Crippen molar-refractivity contribution in [2.45, 2.75) is 6.92 Å². The Balaban J connectivity index is 3.01. The number of benzene rings is 1. The summed E-state index contributed by atoms with van der Waals surface area (Å²) in [6.07, 6.45) is 2.53. The van der Waals surface area contributed by atoms with E-state index in [1.807, 2.05) is 19.1 Å². The zero-order chi connectivity index (χ0) is 9.68. The second kappa shape index (κ2) is 4.58. The number of hydrogen-bond donors (Lipinski definition) is 1. The molecule has 0 heterocycles. The van der Waals surface area contributed by atoms with Gasteiger partial charge in [0.2, 0.25) is 0 Å². The molecule has 0 fully saturated rings. The number of carbonyl (C=O) groups is 1. The van der Waals surface area contributed by atoms with E-state index in [1.165, 1.54) is 0 Å². The number of allylic oxidation sites excluding steroid dienone is 1. The molecule has 0 saturated carbocycles. The van der Waals surface area contributed by atoms with Gasteiger partial charge in [0.25, 0.3) is 0 Å². The van der Waals surface area contributed by atoms with Crippen LogP contribution >= 0.6 is 0 Å². The Hall–Kier alpha value is -1.41. The Morgan fingerprint density at radius 1 is 1.54 bits per heavy atom. The number of rotatable bonds is 3. The van der Waals surface area contributed by atoms with Crippen molar-refractivity contribution in [2.24, 2.45) is 0 Å². The molecule has 1 rings (SSSR count). The van der Waals surface area contributed by atoms with Gasteiger partial charge in [-0.3, -0.25) is 4.79 Å². The monoisotopic (exact) mass is 176 g/mol. The SMILES string of the molecule is C/C(=C/CO)c1cccc(C=O)c1. The maximum absolute atomic E-state index is 10.5. The van der Waals surface area contributed by atoms with Gasteiger partial charge in [-0.2, -0.15) is 0 Å². The zero-order valence-corrected chi connectivity index (χ0v) is 7.53. The van der Waals surface area contributed by atoms with E-state index in [1.54, 1.807) is 18.2 Å². The van der Waals surface area contributed by atoms with Crippen LogP contribution in [0, 0.1) is 0 Å². The van der Waals surface area contributed by atoms with Crippen molar-refractivity contribution < 1.29 is 9.90 Å². The average molecular weight is 176 g/mol. The molecule has 0 aliphatic rings. The molecule has 0 spiro atoms. The van der Waals surface area contributed by atoms with Gasteiger partial charge in [-0.05, 0) is 24.1 Å². The topological polar surface area (TPSA) is 37.3 Å². The van der Waals surface area contributed by atoms with Crippen molar-refractivity contribution in [1.82, 2.24) is 0 Å². The molecular formula is C11H12O2. The summed E-state index contributed by atoms with van der Waals surface area (Å²) in [7, 11) is 0. The van der Waals surface area contributed by atoms with Crippen LogP contribution < -0.4 is 0 Å². The summed E-state index contributed by atoms with van der Waals surface area (Å²) >= 11 is 0. The molecule has 0 aliphatic heterocycles. The smallest absolute Gasteiger partial charge is 0.150 e. The van der Waals surface area contributed by atoms with Crippen LogP contribution in [0.25, 0.3) is 5.57 Å². The van der Waals surface area contributed by atoms with Crippen molar-refractivity contribution in [3.8, 4) is 0 Å². The number of aliphatic hydroxyl groups excluding tert-OH is 1. The van der Waals surface area contributed by atoms with Crippen molar-refractivity contribution >= 4 is 11.9 Å². The number of aliphatic hydroxyl groups is 1. The summed E-state index contributed by atoms with van der Waals surface area (Å²) < 4.78 is 0. The lowest BCUT2D eigenvalue weighted by Gasteiger charge is -2.00. The lowest BCUT2D eigenvalue weighted by molar-refractivity contribution is 0.112. The van der Waals surface area contributed by atoms with Gasteiger partial charge in [-0.25, -0.2) is 0 Å². The predicted molar refractivity (Wildman–Crippen MR) is 52.6 cm³/mol. The first-order valence-electron chi connectivity index (χ1n) is 4.11. The first kappa shape index (κ1) is 9.68. The molecule has 1 N–H and O–H groups in total. The highest BCUT2D eigenvalue weighted by atomic mass is 16.2. The number of aldehydes is 1. The Kier molecular flexibility index (Phi) is 3.41. The Labute approximate surface area is 77.5 Å². The summed E-state index contributed by atoms with van der Waals surface area (Å²) in [4.78, 5) is 10.5. The van der Waals surface area contributed by atoms with Crippen LogP contribution in [0.1, 0.15) is 22.8 Å². The van der Waals surface area contributed by atoms with Gasteiger partial charge < -0.3 is 5.11 Å². The van der Waals surface area contributed by atoms with Crippen LogP contribution in [0.15, 0.2) is 30.3 Å². The molecule has 0 aromatic heterocycles. The van der Waals surface area contributed by atoms with E-state index in [0.29, 0.717) is 5.56 Å². The van der Waals surface area contributed by atoms with Gasteiger partial charge in [0.1, 0.15) is 6.29 Å². The third-order valence-electron chi connectivity index (χ3n) is 1.88. The van der Waals surface area contributed by atoms with Crippen LogP contribution in [-0.4, -0.2) is 18.0 Å². The zero-order valence-electron chi connectivity index (χ0n) is 7.53. The molecule has 0 radical (unpaired) electrons. The molecule has 0 aliphatic carbocycles. The van der Waals surface area contributed by atoms with E-state index in [-0.39, 0.29) is 6.61 Å². The van der Waals surface area contributed by atoms with E-state index >= 15 is 0 Å². The lowest BCUT2D eigenvalue weighted by atomic mass is 10.1. The second-order valence-electron chi connectivity index (χ2n) is 2.81. The van der Waals surface area contributed by atoms with Gasteiger partial charge >= 0.3 is 0 Å². The molecule has 13 heavy (non-hydrogen) atoms. The van der Waals surface area contributed by atoms with Crippen LogP contribution in [0.5, 0.6) is 0 Å². The molecule has 2 heteroatoms. The normalized spacial score (nSPS) is 11.4. The average Bonchev–Trinajstić information content (AvgIpc) is 2.18. The lowest BCUT2D eigenvalue weighted by Crippen LogP contribution is -1.85. The summed E-state index contributed by atoms with van der Waals surface area (Å²) in [5.74, 6) is 0. The van der Waals surface area contributed by atoms with Gasteiger partial charge in [-0.1, -0.05) is 24.3 Å². The van der Waals surface area contributed by atoms with E-state index in [0.717, 1.165) is 17.4 Å². The molecule has 0 atom stereocenters. The largest absolute Gasteiger partial charge is 0.392 e. The molecule has 0 unspecified atom stereocenters. The van der Waals surface area contributed by atoms with Crippen LogP contribution in [0.2, 0.25) is 0 Å². The maximum atomic E-state index is 10.5. The highest BCUT2D eigenvalue weighted by Crippen LogP contribution is 2.13. The van der Waals surface area contributed by atoms with E-state index in [9.17, 15) is 4.79 Å².